The van der Waals surface area contributed by atoms with Crippen molar-refractivity contribution in [3.8, 4) is 5.75 Å². The van der Waals surface area contributed by atoms with E-state index in [9.17, 15) is 13.2 Å². The van der Waals surface area contributed by atoms with Gasteiger partial charge in [0.15, 0.2) is 0 Å². The largest absolute Gasteiger partial charge is 0.489 e. The van der Waals surface area contributed by atoms with Gasteiger partial charge in [-0.2, -0.15) is 13.2 Å². The van der Waals surface area contributed by atoms with Crippen molar-refractivity contribution in [3.05, 3.63) is 23.8 Å². The smallest absolute Gasteiger partial charge is 0.420 e. The number of rotatable bonds is 3. The molecule has 0 spiro atoms. The van der Waals surface area contributed by atoms with Gasteiger partial charge in [-0.1, -0.05) is 6.07 Å². The Morgan fingerprint density at radius 1 is 1.31 bits per heavy atom. The minimum absolute atomic E-state index is 0.00926. The molecular formula is C11H11F3OS. The molecule has 0 atom stereocenters. The van der Waals surface area contributed by atoms with Crippen LogP contribution in [0.25, 0.3) is 0 Å². The van der Waals surface area contributed by atoms with Crippen LogP contribution in [0.15, 0.2) is 23.1 Å². The lowest BCUT2D eigenvalue weighted by molar-refractivity contribution is -0.139. The molecule has 0 heterocycles. The van der Waals surface area contributed by atoms with Gasteiger partial charge in [-0.05, 0) is 31.2 Å². The van der Waals surface area contributed by atoms with Crippen LogP contribution in [0.3, 0.4) is 0 Å². The zero-order valence-corrected chi connectivity index (χ0v) is 9.49. The molecule has 88 valence electrons. The maximum Gasteiger partial charge on any atom is 0.420 e. The molecule has 0 saturated heterocycles. The van der Waals surface area contributed by atoms with Crippen molar-refractivity contribution in [1.29, 1.82) is 0 Å². The van der Waals surface area contributed by atoms with E-state index in [1.165, 1.54) is 17.8 Å². The van der Waals surface area contributed by atoms with E-state index < -0.39 is 11.7 Å². The SMILES string of the molecule is CSc1cccc(C(F)(F)F)c1OC1CC1. The third-order valence-corrected chi connectivity index (χ3v) is 3.07. The Balaban J connectivity index is 2.41. The predicted octanol–water partition coefficient (Wildman–Crippen LogP) is 3.97. The molecule has 5 heteroatoms. The van der Waals surface area contributed by atoms with Gasteiger partial charge in [-0.3, -0.25) is 0 Å². The summed E-state index contributed by atoms with van der Waals surface area (Å²) in [5.41, 5.74) is -0.675. The van der Waals surface area contributed by atoms with Crippen LogP contribution >= 0.6 is 11.8 Å². The third-order valence-electron chi connectivity index (χ3n) is 2.31. The summed E-state index contributed by atoms with van der Waals surface area (Å²) in [6.45, 7) is 0. The standard InChI is InChI=1S/C11H11F3OS/c1-16-9-4-2-3-8(11(12,13)14)10(9)15-7-5-6-7/h2-4,7H,5-6H2,1H3. The molecule has 0 N–H and O–H groups in total. The number of ether oxygens (including phenoxy) is 1. The highest BCUT2D eigenvalue weighted by atomic mass is 32.2. The number of thioether (sulfide) groups is 1. The first kappa shape index (κ1) is 11.6. The summed E-state index contributed by atoms with van der Waals surface area (Å²) in [7, 11) is 0. The van der Waals surface area contributed by atoms with Crippen molar-refractivity contribution in [3.63, 3.8) is 0 Å². The fourth-order valence-corrected chi connectivity index (χ4v) is 1.93. The first-order valence-electron chi connectivity index (χ1n) is 4.93. The van der Waals surface area contributed by atoms with E-state index in [1.54, 1.807) is 12.3 Å². The van der Waals surface area contributed by atoms with Crippen LogP contribution < -0.4 is 4.74 Å². The Morgan fingerprint density at radius 2 is 2.00 bits per heavy atom. The van der Waals surface area contributed by atoms with Gasteiger partial charge in [0.2, 0.25) is 0 Å². The third kappa shape index (κ3) is 2.45. The van der Waals surface area contributed by atoms with E-state index in [-0.39, 0.29) is 11.9 Å². The van der Waals surface area contributed by atoms with E-state index in [0.29, 0.717) is 4.90 Å². The van der Waals surface area contributed by atoms with Crippen LogP contribution in [0, 0.1) is 0 Å². The van der Waals surface area contributed by atoms with Crippen molar-refractivity contribution in [2.24, 2.45) is 0 Å². The Kier molecular flexibility index (Phi) is 3.06. The summed E-state index contributed by atoms with van der Waals surface area (Å²) >= 11 is 1.27. The van der Waals surface area contributed by atoms with E-state index in [4.69, 9.17) is 4.74 Å². The van der Waals surface area contributed by atoms with Crippen molar-refractivity contribution >= 4 is 11.8 Å². The molecule has 1 aliphatic carbocycles. The van der Waals surface area contributed by atoms with E-state index in [0.717, 1.165) is 18.9 Å². The van der Waals surface area contributed by atoms with Gasteiger partial charge >= 0.3 is 6.18 Å². The second kappa shape index (κ2) is 4.20. The molecule has 16 heavy (non-hydrogen) atoms. The summed E-state index contributed by atoms with van der Waals surface area (Å²) in [5.74, 6) is -0.00926. The zero-order valence-electron chi connectivity index (χ0n) is 8.67. The Morgan fingerprint density at radius 3 is 2.50 bits per heavy atom. The minimum atomic E-state index is -4.35. The normalized spacial score (nSPS) is 16.2. The lowest BCUT2D eigenvalue weighted by atomic mass is 10.2. The monoisotopic (exact) mass is 248 g/mol. The summed E-state index contributed by atoms with van der Waals surface area (Å²) in [4.78, 5) is 0.543. The van der Waals surface area contributed by atoms with Crippen LogP contribution in [0.2, 0.25) is 0 Å². The number of hydrogen-bond acceptors (Lipinski definition) is 2. The highest BCUT2D eigenvalue weighted by Gasteiger charge is 2.37. The topological polar surface area (TPSA) is 9.23 Å². The second-order valence-electron chi connectivity index (χ2n) is 3.65. The molecule has 0 aliphatic heterocycles. The van der Waals surface area contributed by atoms with Crippen molar-refractivity contribution in [2.75, 3.05) is 6.26 Å². The fourth-order valence-electron chi connectivity index (χ4n) is 1.37. The Hall–Kier alpha value is -0.840. The van der Waals surface area contributed by atoms with Crippen LogP contribution in [-0.2, 0) is 6.18 Å². The maximum atomic E-state index is 12.7. The van der Waals surface area contributed by atoms with E-state index in [2.05, 4.69) is 0 Å². The quantitative estimate of drug-likeness (QED) is 0.748. The van der Waals surface area contributed by atoms with Crippen molar-refractivity contribution in [2.45, 2.75) is 30.0 Å². The molecule has 1 aromatic rings. The van der Waals surface area contributed by atoms with Crippen LogP contribution in [-0.4, -0.2) is 12.4 Å². The van der Waals surface area contributed by atoms with Gasteiger partial charge in [0, 0.05) is 4.90 Å². The Bertz CT molecular complexity index is 385. The number of alkyl halides is 3. The van der Waals surface area contributed by atoms with E-state index >= 15 is 0 Å². The lowest BCUT2D eigenvalue weighted by Gasteiger charge is -2.16. The molecule has 2 rings (SSSR count). The van der Waals surface area contributed by atoms with Crippen LogP contribution in [0.4, 0.5) is 13.2 Å². The molecule has 1 aliphatic rings. The molecule has 0 bridgehead atoms. The minimum Gasteiger partial charge on any atom is -0.489 e. The highest BCUT2D eigenvalue weighted by Crippen LogP contribution is 2.43. The summed E-state index contributed by atoms with van der Waals surface area (Å²) in [5, 5.41) is 0. The summed E-state index contributed by atoms with van der Waals surface area (Å²) < 4.78 is 43.6. The fraction of sp³-hybridized carbons (Fsp3) is 0.455. The maximum absolute atomic E-state index is 12.7. The van der Waals surface area contributed by atoms with Crippen molar-refractivity contribution in [1.82, 2.24) is 0 Å². The molecule has 0 aromatic heterocycles. The summed E-state index contributed by atoms with van der Waals surface area (Å²) in [6, 6.07) is 4.13. The zero-order chi connectivity index (χ0) is 11.8. The average Bonchev–Trinajstić information content (AvgIpc) is 3.00. The average molecular weight is 248 g/mol. The lowest BCUT2D eigenvalue weighted by Crippen LogP contribution is -2.10. The van der Waals surface area contributed by atoms with Gasteiger partial charge in [0.05, 0.1) is 11.7 Å². The first-order valence-corrected chi connectivity index (χ1v) is 6.15. The molecule has 1 aromatic carbocycles. The molecule has 1 saturated carbocycles. The highest BCUT2D eigenvalue weighted by molar-refractivity contribution is 7.98. The molecule has 1 nitrogen and oxygen atoms in total. The van der Waals surface area contributed by atoms with Crippen LogP contribution in [0.5, 0.6) is 5.75 Å². The molecular weight excluding hydrogens is 237 g/mol. The number of hydrogen-bond donors (Lipinski definition) is 0. The molecule has 0 unspecified atom stereocenters. The van der Waals surface area contributed by atoms with Gasteiger partial charge < -0.3 is 4.74 Å². The molecule has 0 radical (unpaired) electrons. The van der Waals surface area contributed by atoms with Gasteiger partial charge in [-0.25, -0.2) is 0 Å². The number of para-hydroxylation sites is 1. The number of benzene rings is 1. The van der Waals surface area contributed by atoms with Crippen LogP contribution in [0.1, 0.15) is 18.4 Å². The molecule has 1 fully saturated rings. The second-order valence-corrected chi connectivity index (χ2v) is 4.50. The van der Waals surface area contributed by atoms with E-state index in [1.807, 2.05) is 0 Å². The summed E-state index contributed by atoms with van der Waals surface area (Å²) in [6.07, 6.45) is -0.944. The predicted molar refractivity (Wildman–Crippen MR) is 56.9 cm³/mol. The first-order chi connectivity index (χ1) is 7.52. The Labute approximate surface area is 96.0 Å². The van der Waals surface area contributed by atoms with Gasteiger partial charge in [0.1, 0.15) is 5.75 Å². The molecule has 0 amide bonds. The van der Waals surface area contributed by atoms with Crippen molar-refractivity contribution < 1.29 is 17.9 Å². The van der Waals surface area contributed by atoms with Gasteiger partial charge in [-0.15, -0.1) is 11.8 Å². The van der Waals surface area contributed by atoms with Gasteiger partial charge in [0.25, 0.3) is 0 Å². The number of halogens is 3.